The van der Waals surface area contributed by atoms with E-state index in [1.165, 1.54) is 96.3 Å². The third-order valence-corrected chi connectivity index (χ3v) is 5.10. The molecule has 0 saturated carbocycles. The van der Waals surface area contributed by atoms with Crippen LogP contribution in [0.2, 0.25) is 0 Å². The van der Waals surface area contributed by atoms with Crippen LogP contribution in [0.3, 0.4) is 0 Å². The average molecular weight is 340 g/mol. The lowest BCUT2D eigenvalue weighted by molar-refractivity contribution is -0.141. The van der Waals surface area contributed by atoms with E-state index < -0.39 is 5.97 Å². The summed E-state index contributed by atoms with van der Waals surface area (Å²) in [4.78, 5) is 10.9. The predicted octanol–water partition coefficient (Wildman–Crippen LogP) is 7.56. The summed E-state index contributed by atoms with van der Waals surface area (Å²) in [5.41, 5.74) is 0. The third kappa shape index (κ3) is 16.3. The molecule has 0 bridgehead atoms. The van der Waals surface area contributed by atoms with E-state index in [0.29, 0.717) is 6.42 Å². The van der Waals surface area contributed by atoms with Crippen molar-refractivity contribution >= 4 is 5.97 Å². The first-order valence-corrected chi connectivity index (χ1v) is 10.7. The topological polar surface area (TPSA) is 37.3 Å². The first-order valence-electron chi connectivity index (χ1n) is 10.7. The summed E-state index contributed by atoms with van der Waals surface area (Å²) < 4.78 is 0. The second-order valence-electron chi connectivity index (χ2n) is 7.42. The molecule has 1 atom stereocenters. The van der Waals surface area contributed by atoms with Gasteiger partial charge in [-0.25, -0.2) is 0 Å². The van der Waals surface area contributed by atoms with Crippen LogP contribution in [-0.2, 0) is 4.79 Å². The largest absolute Gasteiger partial charge is 0.481 e. The fraction of sp³-hybridized carbons (Fsp3) is 0.909. The molecule has 0 aliphatic heterocycles. The molecule has 0 aromatic rings. The molecule has 1 unspecified atom stereocenters. The Morgan fingerprint density at radius 3 is 1.33 bits per heavy atom. The maximum Gasteiger partial charge on any atom is 0.306 e. The van der Waals surface area contributed by atoms with E-state index in [4.69, 9.17) is 5.11 Å². The van der Waals surface area contributed by atoms with Gasteiger partial charge in [-0.1, -0.05) is 117 Å². The zero-order valence-electron chi connectivity index (χ0n) is 16.4. The van der Waals surface area contributed by atoms with Crippen molar-refractivity contribution in [3.8, 4) is 0 Å². The van der Waals surface area contributed by atoms with Gasteiger partial charge in [-0.2, -0.15) is 0 Å². The quantitative estimate of drug-likeness (QED) is 0.246. The molecule has 0 amide bonds. The van der Waals surface area contributed by atoms with Gasteiger partial charge < -0.3 is 5.11 Å². The van der Waals surface area contributed by atoms with E-state index in [0.717, 1.165) is 12.8 Å². The minimum atomic E-state index is -0.675. The fourth-order valence-corrected chi connectivity index (χ4v) is 3.33. The number of aliphatic carboxylic acids is 1. The lowest BCUT2D eigenvalue weighted by Gasteiger charge is -2.08. The van der Waals surface area contributed by atoms with Crippen LogP contribution in [0.25, 0.3) is 0 Å². The van der Waals surface area contributed by atoms with Crippen LogP contribution < -0.4 is 0 Å². The van der Waals surface area contributed by atoms with Crippen molar-refractivity contribution in [2.45, 2.75) is 122 Å². The maximum atomic E-state index is 10.9. The Morgan fingerprint density at radius 2 is 1.04 bits per heavy atom. The fourth-order valence-electron chi connectivity index (χ4n) is 3.33. The number of carbonyl (C=O) groups is 1. The molecule has 24 heavy (non-hydrogen) atoms. The standard InChI is InChI=1S/C22H43O2/c1-3-5-6-7-8-9-10-11-12-13-14-15-16-17-18-19-20-21(4-2)22(23)24/h21H,2-20H2,1H3,(H,23,24). The summed E-state index contributed by atoms with van der Waals surface area (Å²) in [6.07, 6.45) is 23.1. The van der Waals surface area contributed by atoms with E-state index in [9.17, 15) is 4.79 Å². The molecule has 0 aliphatic carbocycles. The van der Waals surface area contributed by atoms with Crippen molar-refractivity contribution < 1.29 is 9.90 Å². The molecule has 0 fully saturated rings. The van der Waals surface area contributed by atoms with Crippen molar-refractivity contribution in [3.05, 3.63) is 6.92 Å². The van der Waals surface area contributed by atoms with Crippen LogP contribution in [0, 0.1) is 12.8 Å². The monoisotopic (exact) mass is 339 g/mol. The zero-order valence-corrected chi connectivity index (χ0v) is 16.4. The second-order valence-corrected chi connectivity index (χ2v) is 7.42. The number of rotatable bonds is 19. The Balaban J connectivity index is 3.11. The van der Waals surface area contributed by atoms with E-state index >= 15 is 0 Å². The zero-order chi connectivity index (χ0) is 17.9. The minimum Gasteiger partial charge on any atom is -0.481 e. The molecule has 2 heteroatoms. The molecule has 2 nitrogen and oxygen atoms in total. The highest BCUT2D eigenvalue weighted by Crippen LogP contribution is 2.16. The molecule has 0 saturated heterocycles. The van der Waals surface area contributed by atoms with Gasteiger partial charge >= 0.3 is 5.97 Å². The highest BCUT2D eigenvalue weighted by atomic mass is 16.4. The molecule has 0 aromatic carbocycles. The lowest BCUT2D eigenvalue weighted by Crippen LogP contribution is -2.12. The molecule has 1 N–H and O–H groups in total. The van der Waals surface area contributed by atoms with E-state index in [2.05, 4.69) is 13.8 Å². The Labute approximate surface area is 151 Å². The summed E-state index contributed by atoms with van der Waals surface area (Å²) in [5.74, 6) is -0.900. The Hall–Kier alpha value is -0.530. The number of carboxylic acids is 1. The highest BCUT2D eigenvalue weighted by molar-refractivity contribution is 5.69. The van der Waals surface area contributed by atoms with E-state index in [1.807, 2.05) is 0 Å². The number of unbranched alkanes of at least 4 members (excludes halogenated alkanes) is 15. The van der Waals surface area contributed by atoms with Crippen molar-refractivity contribution in [2.24, 2.45) is 5.92 Å². The highest BCUT2D eigenvalue weighted by Gasteiger charge is 2.13. The Kier molecular flexibility index (Phi) is 18.4. The predicted molar refractivity (Wildman–Crippen MR) is 105 cm³/mol. The molecule has 0 rings (SSSR count). The van der Waals surface area contributed by atoms with Gasteiger partial charge in [-0.3, -0.25) is 4.79 Å². The summed E-state index contributed by atoms with van der Waals surface area (Å²) >= 11 is 0. The van der Waals surface area contributed by atoms with Crippen LogP contribution in [0.5, 0.6) is 0 Å². The van der Waals surface area contributed by atoms with Crippen molar-refractivity contribution in [1.82, 2.24) is 0 Å². The summed E-state index contributed by atoms with van der Waals surface area (Å²) in [5, 5.41) is 8.96. The van der Waals surface area contributed by atoms with Crippen LogP contribution in [-0.4, -0.2) is 11.1 Å². The van der Waals surface area contributed by atoms with E-state index in [1.54, 1.807) is 0 Å². The maximum absolute atomic E-state index is 10.9. The van der Waals surface area contributed by atoms with Gasteiger partial charge in [0.25, 0.3) is 0 Å². The third-order valence-electron chi connectivity index (χ3n) is 5.10. The summed E-state index contributed by atoms with van der Waals surface area (Å²) in [6, 6.07) is 0. The SMILES string of the molecule is [CH2]CC(CCCCCCCCCCCCCCCCCC)C(=O)O. The van der Waals surface area contributed by atoms with E-state index in [-0.39, 0.29) is 5.92 Å². The van der Waals surface area contributed by atoms with Crippen molar-refractivity contribution in [1.29, 1.82) is 0 Å². The number of carboxylic acid groups (broad SMARTS) is 1. The van der Waals surface area contributed by atoms with Gasteiger partial charge in [0.15, 0.2) is 0 Å². The molecular formula is C22H43O2. The molecule has 0 aromatic heterocycles. The van der Waals surface area contributed by atoms with Crippen molar-refractivity contribution in [2.75, 3.05) is 0 Å². The van der Waals surface area contributed by atoms with Crippen LogP contribution in [0.1, 0.15) is 122 Å². The normalized spacial score (nSPS) is 12.4. The summed E-state index contributed by atoms with van der Waals surface area (Å²) in [7, 11) is 0. The number of hydrogen-bond donors (Lipinski definition) is 1. The molecule has 1 radical (unpaired) electrons. The first kappa shape index (κ1) is 23.5. The van der Waals surface area contributed by atoms with Crippen LogP contribution >= 0.6 is 0 Å². The van der Waals surface area contributed by atoms with Crippen molar-refractivity contribution in [3.63, 3.8) is 0 Å². The average Bonchev–Trinajstić information content (AvgIpc) is 2.57. The van der Waals surface area contributed by atoms with Gasteiger partial charge in [0.2, 0.25) is 0 Å². The van der Waals surface area contributed by atoms with Crippen LogP contribution in [0.4, 0.5) is 0 Å². The first-order chi connectivity index (χ1) is 11.7. The molecule has 0 aliphatic rings. The van der Waals surface area contributed by atoms with Gasteiger partial charge in [-0.15, -0.1) is 0 Å². The number of hydrogen-bond acceptors (Lipinski definition) is 1. The Morgan fingerprint density at radius 1 is 0.708 bits per heavy atom. The van der Waals surface area contributed by atoms with Gasteiger partial charge in [0.05, 0.1) is 5.92 Å². The van der Waals surface area contributed by atoms with Crippen LogP contribution in [0.15, 0.2) is 0 Å². The second kappa shape index (κ2) is 18.8. The lowest BCUT2D eigenvalue weighted by atomic mass is 9.98. The van der Waals surface area contributed by atoms with Gasteiger partial charge in [0.1, 0.15) is 0 Å². The molecular weight excluding hydrogens is 296 g/mol. The molecule has 143 valence electrons. The van der Waals surface area contributed by atoms with Gasteiger partial charge in [-0.05, 0) is 12.8 Å². The smallest absolute Gasteiger partial charge is 0.306 e. The summed E-state index contributed by atoms with van der Waals surface area (Å²) in [6.45, 7) is 6.00. The molecule has 0 spiro atoms. The minimum absolute atomic E-state index is 0.225. The Bertz CT molecular complexity index is 263. The van der Waals surface area contributed by atoms with Gasteiger partial charge in [0, 0.05) is 0 Å². The molecule has 0 heterocycles.